The lowest BCUT2D eigenvalue weighted by atomic mass is 9.77. The number of fused-ring (bicyclic) bond motifs is 1. The number of hydrogen-bond acceptors (Lipinski definition) is 3. The van der Waals surface area contributed by atoms with Gasteiger partial charge in [-0.05, 0) is 54.8 Å². The number of anilines is 1. The van der Waals surface area contributed by atoms with Crippen molar-refractivity contribution in [2.75, 3.05) is 5.32 Å². The fraction of sp³-hybridized carbons (Fsp3) is 0.412. The zero-order chi connectivity index (χ0) is 15.4. The van der Waals surface area contributed by atoms with E-state index in [-0.39, 0.29) is 11.5 Å². The smallest absolute Gasteiger partial charge is 0.0831 e. The van der Waals surface area contributed by atoms with Gasteiger partial charge in [0.1, 0.15) is 0 Å². The molecule has 2 aromatic rings. The monoisotopic (exact) mass is 321 g/mol. The number of aliphatic hydroxyl groups is 1. The molecule has 1 aromatic heterocycles. The molecule has 3 rings (SSSR count). The fourth-order valence-electron chi connectivity index (χ4n) is 3.22. The lowest BCUT2D eigenvalue weighted by Crippen LogP contribution is -2.50. The molecule has 1 aliphatic rings. The minimum absolute atomic E-state index is 0.000959. The molecule has 2 nitrogen and oxygen atoms in total. The van der Waals surface area contributed by atoms with Crippen LogP contribution in [0.1, 0.15) is 37.8 Å². The summed E-state index contributed by atoms with van der Waals surface area (Å²) in [4.78, 5) is 0. The highest BCUT2D eigenvalue weighted by Crippen LogP contribution is 2.47. The Balaban J connectivity index is 2.24. The molecule has 21 heavy (non-hydrogen) atoms. The molecule has 1 aliphatic heterocycles. The molecule has 0 saturated carbocycles. The Morgan fingerprint density at radius 3 is 2.71 bits per heavy atom. The average Bonchev–Trinajstić information content (AvgIpc) is 2.93. The van der Waals surface area contributed by atoms with E-state index in [0.717, 1.165) is 27.4 Å². The number of aliphatic hydroxyl groups excluding tert-OH is 1. The fourth-order valence-corrected chi connectivity index (χ4v) is 4.31. The summed E-state index contributed by atoms with van der Waals surface area (Å²) in [7, 11) is 0. The highest BCUT2D eigenvalue weighted by molar-refractivity contribution is 7.08. The van der Waals surface area contributed by atoms with Crippen molar-refractivity contribution >= 4 is 28.6 Å². The van der Waals surface area contributed by atoms with Crippen molar-refractivity contribution in [3.05, 3.63) is 39.0 Å². The van der Waals surface area contributed by atoms with Crippen LogP contribution >= 0.6 is 22.9 Å². The number of thiophene rings is 1. The summed E-state index contributed by atoms with van der Waals surface area (Å²) in [6.45, 7) is 8.20. The third kappa shape index (κ3) is 2.28. The highest BCUT2D eigenvalue weighted by Gasteiger charge is 2.40. The lowest BCUT2D eigenvalue weighted by Gasteiger charge is -2.43. The zero-order valence-corrected chi connectivity index (χ0v) is 14.3. The molecule has 2 atom stereocenters. The van der Waals surface area contributed by atoms with Gasteiger partial charge in [0.25, 0.3) is 0 Å². The Hall–Kier alpha value is -1.03. The zero-order valence-electron chi connectivity index (χ0n) is 12.7. The average molecular weight is 322 g/mol. The largest absolute Gasteiger partial charge is 0.390 e. The molecular weight excluding hydrogens is 302 g/mol. The topological polar surface area (TPSA) is 32.3 Å². The number of nitrogens with one attached hydrogen (secondary N) is 1. The molecule has 0 saturated heterocycles. The second-order valence-corrected chi connectivity index (χ2v) is 7.59. The van der Waals surface area contributed by atoms with Gasteiger partial charge in [0.2, 0.25) is 0 Å². The summed E-state index contributed by atoms with van der Waals surface area (Å²) in [6, 6.07) is 4.22. The number of aryl methyl sites for hydroxylation is 1. The minimum atomic E-state index is -0.473. The maximum atomic E-state index is 10.6. The van der Waals surface area contributed by atoms with E-state index < -0.39 is 6.10 Å². The standard InChI is InChI=1S/C17H20ClNOS/c1-9-7-12(11-5-6-21-8-11)14(18)13-10(2)16(20)17(3,4)19-15(9)13/h5-8,10,16,19-20H,1-4H3. The molecular formula is C17H20ClNOS. The quantitative estimate of drug-likeness (QED) is 0.770. The van der Waals surface area contributed by atoms with Crippen LogP contribution in [0.25, 0.3) is 11.1 Å². The highest BCUT2D eigenvalue weighted by atomic mass is 35.5. The second kappa shape index (κ2) is 5.01. The van der Waals surface area contributed by atoms with E-state index in [9.17, 15) is 5.11 Å². The van der Waals surface area contributed by atoms with Gasteiger partial charge in [-0.2, -0.15) is 11.3 Å². The molecule has 0 amide bonds. The van der Waals surface area contributed by atoms with Gasteiger partial charge in [0, 0.05) is 22.7 Å². The van der Waals surface area contributed by atoms with Gasteiger partial charge >= 0.3 is 0 Å². The molecule has 0 bridgehead atoms. The first-order valence-corrected chi connectivity index (χ1v) is 8.47. The van der Waals surface area contributed by atoms with E-state index in [1.807, 2.05) is 13.8 Å². The normalized spacial score (nSPS) is 23.5. The molecule has 112 valence electrons. The Labute approximate surface area is 134 Å². The first-order valence-electron chi connectivity index (χ1n) is 7.14. The molecule has 0 fully saturated rings. The first-order chi connectivity index (χ1) is 9.83. The summed E-state index contributed by atoms with van der Waals surface area (Å²) < 4.78 is 0. The summed E-state index contributed by atoms with van der Waals surface area (Å²) in [5.74, 6) is 0.000959. The summed E-state index contributed by atoms with van der Waals surface area (Å²) >= 11 is 8.36. The van der Waals surface area contributed by atoms with E-state index in [1.165, 1.54) is 5.56 Å². The molecule has 0 radical (unpaired) electrons. The van der Waals surface area contributed by atoms with Crippen LogP contribution in [-0.2, 0) is 0 Å². The SMILES string of the molecule is Cc1cc(-c2ccsc2)c(Cl)c2c1NC(C)(C)C(O)C2C. The third-order valence-corrected chi connectivity index (χ3v) is 5.54. The van der Waals surface area contributed by atoms with Gasteiger partial charge in [-0.15, -0.1) is 0 Å². The third-order valence-electron chi connectivity index (χ3n) is 4.45. The van der Waals surface area contributed by atoms with Crippen LogP contribution in [0.15, 0.2) is 22.9 Å². The Morgan fingerprint density at radius 2 is 2.10 bits per heavy atom. The van der Waals surface area contributed by atoms with Crippen LogP contribution in [0.2, 0.25) is 5.02 Å². The maximum absolute atomic E-state index is 10.6. The van der Waals surface area contributed by atoms with Crippen LogP contribution in [0.4, 0.5) is 5.69 Å². The van der Waals surface area contributed by atoms with Gasteiger partial charge in [-0.3, -0.25) is 0 Å². The number of halogens is 1. The number of benzene rings is 1. The van der Waals surface area contributed by atoms with Crippen molar-refractivity contribution < 1.29 is 5.11 Å². The van der Waals surface area contributed by atoms with Crippen molar-refractivity contribution in [1.82, 2.24) is 0 Å². The summed E-state index contributed by atoms with van der Waals surface area (Å²) in [6.07, 6.45) is -0.473. The number of rotatable bonds is 1. The lowest BCUT2D eigenvalue weighted by molar-refractivity contribution is 0.0869. The van der Waals surface area contributed by atoms with Crippen molar-refractivity contribution in [2.24, 2.45) is 0 Å². The molecule has 2 heterocycles. The molecule has 0 spiro atoms. The Kier molecular flexibility index (Phi) is 3.55. The van der Waals surface area contributed by atoms with Crippen molar-refractivity contribution in [3.63, 3.8) is 0 Å². The van der Waals surface area contributed by atoms with Gasteiger partial charge in [-0.25, -0.2) is 0 Å². The molecule has 1 aromatic carbocycles. The Bertz CT molecular complexity index is 679. The summed E-state index contributed by atoms with van der Waals surface area (Å²) in [5.41, 5.74) is 5.11. The predicted octanol–water partition coefficient (Wildman–Crippen LogP) is 5.05. The minimum Gasteiger partial charge on any atom is -0.390 e. The second-order valence-electron chi connectivity index (χ2n) is 6.44. The van der Waals surface area contributed by atoms with Crippen molar-refractivity contribution in [1.29, 1.82) is 0 Å². The van der Waals surface area contributed by atoms with E-state index in [1.54, 1.807) is 11.3 Å². The Morgan fingerprint density at radius 1 is 1.38 bits per heavy atom. The van der Waals surface area contributed by atoms with Crippen LogP contribution < -0.4 is 5.32 Å². The maximum Gasteiger partial charge on any atom is 0.0831 e. The van der Waals surface area contributed by atoms with Gasteiger partial charge < -0.3 is 10.4 Å². The van der Waals surface area contributed by atoms with Crippen molar-refractivity contribution in [2.45, 2.75) is 45.3 Å². The van der Waals surface area contributed by atoms with Gasteiger partial charge in [-0.1, -0.05) is 18.5 Å². The van der Waals surface area contributed by atoms with E-state index in [0.29, 0.717) is 0 Å². The number of hydrogen-bond donors (Lipinski definition) is 2. The van der Waals surface area contributed by atoms with E-state index in [4.69, 9.17) is 11.6 Å². The van der Waals surface area contributed by atoms with E-state index >= 15 is 0 Å². The van der Waals surface area contributed by atoms with Gasteiger partial charge in [0.15, 0.2) is 0 Å². The predicted molar refractivity (Wildman–Crippen MR) is 91.6 cm³/mol. The van der Waals surface area contributed by atoms with Crippen LogP contribution in [0, 0.1) is 6.92 Å². The van der Waals surface area contributed by atoms with Crippen LogP contribution in [0.3, 0.4) is 0 Å². The molecule has 2 unspecified atom stereocenters. The molecule has 4 heteroatoms. The van der Waals surface area contributed by atoms with Gasteiger partial charge in [0.05, 0.1) is 16.7 Å². The van der Waals surface area contributed by atoms with Crippen LogP contribution in [0.5, 0.6) is 0 Å². The van der Waals surface area contributed by atoms with Crippen LogP contribution in [-0.4, -0.2) is 16.7 Å². The molecule has 2 N–H and O–H groups in total. The molecule has 0 aliphatic carbocycles. The summed E-state index contributed by atoms with van der Waals surface area (Å²) in [5, 5.41) is 19.0. The first kappa shape index (κ1) is 14.9. The van der Waals surface area contributed by atoms with Crippen molar-refractivity contribution in [3.8, 4) is 11.1 Å². The van der Waals surface area contributed by atoms with E-state index in [2.05, 4.69) is 42.1 Å².